The van der Waals surface area contributed by atoms with Crippen molar-refractivity contribution < 1.29 is 9.18 Å². The molecular formula is C14H20FN3O. The third-order valence-corrected chi connectivity index (χ3v) is 3.65. The van der Waals surface area contributed by atoms with Crippen molar-refractivity contribution >= 4 is 5.91 Å². The Bertz CT molecular complexity index is 464. The van der Waals surface area contributed by atoms with Crippen molar-refractivity contribution in [3.63, 3.8) is 0 Å². The summed E-state index contributed by atoms with van der Waals surface area (Å²) in [5.74, 6) is -0.953. The van der Waals surface area contributed by atoms with E-state index in [-0.39, 0.29) is 11.4 Å². The number of rotatable bonds is 5. The van der Waals surface area contributed by atoms with E-state index in [0.717, 1.165) is 25.9 Å². The summed E-state index contributed by atoms with van der Waals surface area (Å²) in [5.41, 5.74) is 5.97. The van der Waals surface area contributed by atoms with Gasteiger partial charge in [-0.2, -0.15) is 0 Å². The molecule has 1 amide bonds. The first-order valence-electron chi connectivity index (χ1n) is 6.58. The van der Waals surface area contributed by atoms with Crippen LogP contribution < -0.4 is 11.1 Å². The van der Waals surface area contributed by atoms with Gasteiger partial charge in [0.05, 0.1) is 0 Å². The maximum absolute atomic E-state index is 13.9. The van der Waals surface area contributed by atoms with Crippen LogP contribution in [-0.2, 0) is 6.54 Å². The van der Waals surface area contributed by atoms with Crippen LogP contribution in [0.25, 0.3) is 0 Å². The number of hydrogen-bond donors (Lipinski definition) is 2. The number of carbonyl (C=O) groups excluding carboxylic acids is 1. The lowest BCUT2D eigenvalue weighted by Gasteiger charge is -2.24. The van der Waals surface area contributed by atoms with Crippen LogP contribution in [0.15, 0.2) is 18.2 Å². The average Bonchev–Trinajstić information content (AvgIpc) is 2.79. The van der Waals surface area contributed by atoms with Gasteiger partial charge in [-0.25, -0.2) is 4.39 Å². The molecule has 2 rings (SSSR count). The predicted molar refractivity (Wildman–Crippen MR) is 72.3 cm³/mol. The summed E-state index contributed by atoms with van der Waals surface area (Å²) in [6.07, 6.45) is 2.29. The Kier molecular flexibility index (Phi) is 4.50. The van der Waals surface area contributed by atoms with Crippen LogP contribution in [0, 0.1) is 5.82 Å². The van der Waals surface area contributed by atoms with Gasteiger partial charge in [0.1, 0.15) is 5.82 Å². The van der Waals surface area contributed by atoms with E-state index in [1.54, 1.807) is 12.1 Å². The fourth-order valence-electron chi connectivity index (χ4n) is 2.62. The lowest BCUT2D eigenvalue weighted by molar-refractivity contribution is 0.1000. The van der Waals surface area contributed by atoms with Crippen LogP contribution in [0.2, 0.25) is 0 Å². The Morgan fingerprint density at radius 1 is 1.58 bits per heavy atom. The van der Waals surface area contributed by atoms with E-state index < -0.39 is 5.91 Å². The number of primary amides is 1. The fourth-order valence-corrected chi connectivity index (χ4v) is 2.62. The van der Waals surface area contributed by atoms with Crippen LogP contribution in [-0.4, -0.2) is 37.0 Å². The Labute approximate surface area is 112 Å². The quantitative estimate of drug-likeness (QED) is 0.838. The minimum absolute atomic E-state index is 0.217. The van der Waals surface area contributed by atoms with Gasteiger partial charge in [-0.3, -0.25) is 9.69 Å². The summed E-state index contributed by atoms with van der Waals surface area (Å²) < 4.78 is 13.9. The third-order valence-electron chi connectivity index (χ3n) is 3.65. The van der Waals surface area contributed by atoms with Crippen molar-refractivity contribution in [2.45, 2.75) is 25.4 Å². The van der Waals surface area contributed by atoms with E-state index in [9.17, 15) is 9.18 Å². The topological polar surface area (TPSA) is 58.4 Å². The summed E-state index contributed by atoms with van der Waals surface area (Å²) in [6.45, 7) is 2.49. The number of hydrogen-bond acceptors (Lipinski definition) is 3. The number of likely N-dealkylation sites (tertiary alicyclic amines) is 1. The van der Waals surface area contributed by atoms with Crippen molar-refractivity contribution in [3.05, 3.63) is 35.1 Å². The van der Waals surface area contributed by atoms with Gasteiger partial charge in [0.2, 0.25) is 5.91 Å². The van der Waals surface area contributed by atoms with Crippen molar-refractivity contribution in [2.24, 2.45) is 5.73 Å². The number of benzene rings is 1. The molecule has 0 radical (unpaired) electrons. The van der Waals surface area contributed by atoms with Gasteiger partial charge >= 0.3 is 0 Å². The zero-order valence-electron chi connectivity index (χ0n) is 11.2. The summed E-state index contributed by atoms with van der Waals surface area (Å²) in [6, 6.07) is 4.93. The standard InChI is InChI=1S/C14H20FN3O/c1-17-8-12-3-2-6-18(12)9-11-5-4-10(14(16)19)7-13(11)15/h4-5,7,12,17H,2-3,6,8-9H2,1H3,(H2,16,19). The number of carbonyl (C=O) groups is 1. The highest BCUT2D eigenvalue weighted by Gasteiger charge is 2.24. The predicted octanol–water partition coefficient (Wildman–Crippen LogP) is 1.11. The summed E-state index contributed by atoms with van der Waals surface area (Å²) in [7, 11) is 1.93. The summed E-state index contributed by atoms with van der Waals surface area (Å²) in [4.78, 5) is 13.3. The second kappa shape index (κ2) is 6.12. The maximum Gasteiger partial charge on any atom is 0.248 e. The number of amides is 1. The van der Waals surface area contributed by atoms with Gasteiger partial charge in [-0.1, -0.05) is 6.07 Å². The molecule has 5 heteroatoms. The van der Waals surface area contributed by atoms with E-state index in [0.29, 0.717) is 18.2 Å². The Balaban J connectivity index is 2.08. The molecule has 0 aromatic heterocycles. The van der Waals surface area contributed by atoms with Gasteiger partial charge in [0, 0.05) is 30.3 Å². The molecule has 1 unspecified atom stereocenters. The van der Waals surface area contributed by atoms with Gasteiger partial charge in [0.25, 0.3) is 0 Å². The SMILES string of the molecule is CNCC1CCCN1Cc1ccc(C(N)=O)cc1F. The van der Waals surface area contributed by atoms with E-state index in [1.807, 2.05) is 7.05 Å². The average molecular weight is 265 g/mol. The first-order chi connectivity index (χ1) is 9.11. The van der Waals surface area contributed by atoms with Crippen LogP contribution in [0.1, 0.15) is 28.8 Å². The minimum atomic E-state index is -0.598. The van der Waals surface area contributed by atoms with Crippen molar-refractivity contribution in [2.75, 3.05) is 20.1 Å². The van der Waals surface area contributed by atoms with Gasteiger partial charge in [0.15, 0.2) is 0 Å². The molecule has 3 N–H and O–H groups in total. The van der Waals surface area contributed by atoms with E-state index in [4.69, 9.17) is 5.73 Å². The molecule has 0 bridgehead atoms. The second-order valence-corrected chi connectivity index (χ2v) is 4.99. The fraction of sp³-hybridized carbons (Fsp3) is 0.500. The van der Waals surface area contributed by atoms with Gasteiger partial charge in [-0.05, 0) is 38.6 Å². The molecule has 104 valence electrons. The Morgan fingerprint density at radius 3 is 3.00 bits per heavy atom. The highest BCUT2D eigenvalue weighted by molar-refractivity contribution is 5.92. The number of halogens is 1. The number of nitrogens with two attached hydrogens (primary N) is 1. The first kappa shape index (κ1) is 14.0. The van der Waals surface area contributed by atoms with Gasteiger partial charge < -0.3 is 11.1 Å². The molecule has 0 saturated carbocycles. The molecule has 1 heterocycles. The van der Waals surface area contributed by atoms with E-state index in [1.165, 1.54) is 6.07 Å². The van der Waals surface area contributed by atoms with Crippen LogP contribution in [0.3, 0.4) is 0 Å². The maximum atomic E-state index is 13.9. The van der Waals surface area contributed by atoms with Crippen molar-refractivity contribution in [3.8, 4) is 0 Å². The number of likely N-dealkylation sites (N-methyl/N-ethyl adjacent to an activating group) is 1. The van der Waals surface area contributed by atoms with E-state index in [2.05, 4.69) is 10.2 Å². The molecule has 1 saturated heterocycles. The van der Waals surface area contributed by atoms with Crippen LogP contribution >= 0.6 is 0 Å². The largest absolute Gasteiger partial charge is 0.366 e. The molecule has 19 heavy (non-hydrogen) atoms. The van der Waals surface area contributed by atoms with Crippen molar-refractivity contribution in [1.29, 1.82) is 0 Å². The zero-order valence-corrected chi connectivity index (χ0v) is 11.2. The number of nitrogens with one attached hydrogen (secondary N) is 1. The second-order valence-electron chi connectivity index (χ2n) is 4.99. The van der Waals surface area contributed by atoms with Crippen LogP contribution in [0.5, 0.6) is 0 Å². The normalized spacial score (nSPS) is 19.8. The summed E-state index contributed by atoms with van der Waals surface area (Å²) in [5, 5.41) is 3.17. The lowest BCUT2D eigenvalue weighted by Crippen LogP contribution is -2.36. The molecule has 4 nitrogen and oxygen atoms in total. The smallest absolute Gasteiger partial charge is 0.248 e. The molecular weight excluding hydrogens is 245 g/mol. The molecule has 0 spiro atoms. The number of nitrogens with zero attached hydrogens (tertiary/aromatic N) is 1. The first-order valence-corrected chi connectivity index (χ1v) is 6.58. The summed E-state index contributed by atoms with van der Waals surface area (Å²) >= 11 is 0. The minimum Gasteiger partial charge on any atom is -0.366 e. The Morgan fingerprint density at radius 2 is 2.37 bits per heavy atom. The monoisotopic (exact) mass is 265 g/mol. The third kappa shape index (κ3) is 3.30. The van der Waals surface area contributed by atoms with Crippen LogP contribution in [0.4, 0.5) is 4.39 Å². The van der Waals surface area contributed by atoms with E-state index >= 15 is 0 Å². The highest BCUT2D eigenvalue weighted by Crippen LogP contribution is 2.21. The molecule has 0 aliphatic carbocycles. The van der Waals surface area contributed by atoms with Gasteiger partial charge in [-0.15, -0.1) is 0 Å². The highest BCUT2D eigenvalue weighted by atomic mass is 19.1. The molecule has 1 atom stereocenters. The van der Waals surface area contributed by atoms with Crippen molar-refractivity contribution in [1.82, 2.24) is 10.2 Å². The molecule has 1 aliphatic heterocycles. The molecule has 1 fully saturated rings. The Hall–Kier alpha value is -1.46. The molecule has 1 aromatic carbocycles. The molecule has 1 aliphatic rings. The molecule has 1 aromatic rings. The zero-order chi connectivity index (χ0) is 13.8. The lowest BCUT2D eigenvalue weighted by atomic mass is 10.1.